The van der Waals surface area contributed by atoms with E-state index in [0.29, 0.717) is 0 Å². The molecule has 0 bridgehead atoms. The van der Waals surface area contributed by atoms with Crippen LogP contribution in [-0.2, 0) is 19.7 Å². The first-order chi connectivity index (χ1) is 9.30. The van der Waals surface area contributed by atoms with Gasteiger partial charge in [-0.25, -0.2) is 0 Å². The number of rotatable bonds is 4. The number of hydrogen-bond donors (Lipinski definition) is 2. The van der Waals surface area contributed by atoms with Gasteiger partial charge < -0.3 is 16.2 Å². The average Bonchev–Trinajstić information content (AvgIpc) is 2.40. The summed E-state index contributed by atoms with van der Waals surface area (Å²) in [5.41, 5.74) is 10.3. The van der Waals surface area contributed by atoms with Gasteiger partial charge in [0.2, 0.25) is 0 Å². The lowest BCUT2D eigenvalue weighted by molar-refractivity contribution is -0.152. The average molecular weight is 275 g/mol. The molecule has 4 N–H and O–H groups in total. The number of ether oxygens (including phenoxy) is 1. The standard InChI is InChI=1S/C14H17N3O3/c1-4-20-13(19)14(3,8(2)18)10-5-6-11(16)12(17)9(10)7-15/h5-6H,4,16-17H2,1-3H3. The van der Waals surface area contributed by atoms with Crippen molar-refractivity contribution < 1.29 is 14.3 Å². The Morgan fingerprint density at radius 1 is 1.40 bits per heavy atom. The van der Waals surface area contributed by atoms with Crippen LogP contribution >= 0.6 is 0 Å². The number of hydrogen-bond acceptors (Lipinski definition) is 6. The van der Waals surface area contributed by atoms with Crippen LogP contribution in [0.4, 0.5) is 11.4 Å². The lowest BCUT2D eigenvalue weighted by Gasteiger charge is -2.26. The molecule has 0 aliphatic carbocycles. The first-order valence-corrected chi connectivity index (χ1v) is 6.07. The van der Waals surface area contributed by atoms with E-state index in [1.807, 2.05) is 6.07 Å². The Bertz CT molecular complexity index is 604. The maximum Gasteiger partial charge on any atom is 0.323 e. The summed E-state index contributed by atoms with van der Waals surface area (Å²) in [6.07, 6.45) is 0. The number of carbonyl (C=O) groups excluding carboxylic acids is 2. The summed E-state index contributed by atoms with van der Waals surface area (Å²) in [5.74, 6) is -1.15. The Morgan fingerprint density at radius 2 is 2.00 bits per heavy atom. The van der Waals surface area contributed by atoms with Crippen molar-refractivity contribution >= 4 is 23.1 Å². The first kappa shape index (κ1) is 15.5. The second-order valence-corrected chi connectivity index (χ2v) is 4.50. The summed E-state index contributed by atoms with van der Waals surface area (Å²) < 4.78 is 4.95. The number of carbonyl (C=O) groups is 2. The Labute approximate surface area is 117 Å². The number of nitrogens with two attached hydrogens (primary N) is 2. The van der Waals surface area contributed by atoms with Gasteiger partial charge in [0.1, 0.15) is 11.5 Å². The van der Waals surface area contributed by atoms with Crippen LogP contribution in [0.2, 0.25) is 0 Å². The van der Waals surface area contributed by atoms with Crippen molar-refractivity contribution in [3.8, 4) is 6.07 Å². The highest BCUT2D eigenvalue weighted by atomic mass is 16.5. The minimum absolute atomic E-state index is 0.0238. The number of anilines is 2. The fraction of sp³-hybridized carbons (Fsp3) is 0.357. The van der Waals surface area contributed by atoms with E-state index >= 15 is 0 Å². The summed E-state index contributed by atoms with van der Waals surface area (Å²) in [6.45, 7) is 4.46. The van der Waals surface area contributed by atoms with E-state index in [9.17, 15) is 14.9 Å². The van der Waals surface area contributed by atoms with Crippen molar-refractivity contribution in [2.75, 3.05) is 18.1 Å². The van der Waals surface area contributed by atoms with E-state index in [1.165, 1.54) is 26.0 Å². The van der Waals surface area contributed by atoms with Gasteiger partial charge in [-0.05, 0) is 32.4 Å². The van der Waals surface area contributed by atoms with Crippen LogP contribution in [0.1, 0.15) is 31.9 Å². The maximum absolute atomic E-state index is 12.1. The topological polar surface area (TPSA) is 119 Å². The van der Waals surface area contributed by atoms with Crippen LogP contribution in [0, 0.1) is 11.3 Å². The summed E-state index contributed by atoms with van der Waals surface area (Å²) in [4.78, 5) is 24.1. The van der Waals surface area contributed by atoms with Crippen LogP contribution in [0.3, 0.4) is 0 Å². The van der Waals surface area contributed by atoms with Gasteiger partial charge >= 0.3 is 5.97 Å². The molecule has 0 spiro atoms. The van der Waals surface area contributed by atoms with E-state index in [4.69, 9.17) is 16.2 Å². The number of nitrogen functional groups attached to an aromatic ring is 2. The molecule has 20 heavy (non-hydrogen) atoms. The van der Waals surface area contributed by atoms with Crippen LogP contribution in [0.25, 0.3) is 0 Å². The van der Waals surface area contributed by atoms with Gasteiger partial charge in [-0.2, -0.15) is 5.26 Å². The Hall–Kier alpha value is -2.55. The lowest BCUT2D eigenvalue weighted by Crippen LogP contribution is -2.41. The van der Waals surface area contributed by atoms with Gasteiger partial charge in [-0.15, -0.1) is 0 Å². The highest BCUT2D eigenvalue weighted by molar-refractivity contribution is 6.09. The lowest BCUT2D eigenvalue weighted by atomic mass is 9.76. The molecule has 0 fully saturated rings. The van der Waals surface area contributed by atoms with Crippen molar-refractivity contribution in [3.05, 3.63) is 23.3 Å². The molecule has 0 aliphatic rings. The van der Waals surface area contributed by atoms with Crippen LogP contribution in [-0.4, -0.2) is 18.4 Å². The summed E-state index contributed by atoms with van der Waals surface area (Å²) in [7, 11) is 0. The normalized spacial score (nSPS) is 13.1. The van der Waals surface area contributed by atoms with E-state index in [-0.39, 0.29) is 29.1 Å². The zero-order valence-electron chi connectivity index (χ0n) is 11.7. The van der Waals surface area contributed by atoms with E-state index in [2.05, 4.69) is 0 Å². The summed E-state index contributed by atoms with van der Waals surface area (Å²) >= 11 is 0. The summed E-state index contributed by atoms with van der Waals surface area (Å²) in [5, 5.41) is 9.23. The van der Waals surface area contributed by atoms with Crippen LogP contribution in [0.5, 0.6) is 0 Å². The minimum atomic E-state index is -1.58. The Morgan fingerprint density at radius 3 is 2.45 bits per heavy atom. The smallest absolute Gasteiger partial charge is 0.323 e. The minimum Gasteiger partial charge on any atom is -0.465 e. The summed E-state index contributed by atoms with van der Waals surface area (Å²) in [6, 6.07) is 4.82. The monoisotopic (exact) mass is 275 g/mol. The molecule has 1 aromatic rings. The van der Waals surface area contributed by atoms with Gasteiger partial charge in [-0.1, -0.05) is 6.07 Å². The highest BCUT2D eigenvalue weighted by Crippen LogP contribution is 2.34. The molecule has 0 radical (unpaired) electrons. The maximum atomic E-state index is 12.1. The second kappa shape index (κ2) is 5.61. The molecule has 0 amide bonds. The zero-order chi connectivity index (χ0) is 15.5. The van der Waals surface area contributed by atoms with E-state index < -0.39 is 17.2 Å². The van der Waals surface area contributed by atoms with Gasteiger partial charge in [0.05, 0.1) is 23.5 Å². The van der Waals surface area contributed by atoms with Crippen LogP contribution < -0.4 is 11.5 Å². The molecular formula is C14H17N3O3. The second-order valence-electron chi connectivity index (χ2n) is 4.50. The largest absolute Gasteiger partial charge is 0.465 e. The van der Waals surface area contributed by atoms with Crippen molar-refractivity contribution in [1.29, 1.82) is 5.26 Å². The highest BCUT2D eigenvalue weighted by Gasteiger charge is 2.44. The fourth-order valence-electron chi connectivity index (χ4n) is 1.89. The molecule has 0 aliphatic heterocycles. The van der Waals surface area contributed by atoms with E-state index in [1.54, 1.807) is 6.92 Å². The molecule has 0 saturated carbocycles. The molecule has 1 atom stereocenters. The fourth-order valence-corrected chi connectivity index (χ4v) is 1.89. The predicted molar refractivity (Wildman–Crippen MR) is 74.6 cm³/mol. The molecule has 6 nitrogen and oxygen atoms in total. The third kappa shape index (κ3) is 2.30. The van der Waals surface area contributed by atoms with Gasteiger partial charge in [0.25, 0.3) is 0 Å². The quantitative estimate of drug-likeness (QED) is 0.483. The third-order valence-electron chi connectivity index (χ3n) is 3.32. The van der Waals surface area contributed by atoms with Crippen molar-refractivity contribution in [2.45, 2.75) is 26.2 Å². The first-order valence-electron chi connectivity index (χ1n) is 6.07. The molecule has 6 heteroatoms. The molecule has 0 saturated heterocycles. The van der Waals surface area contributed by atoms with Gasteiger partial charge in [-0.3, -0.25) is 9.59 Å². The molecule has 1 rings (SSSR count). The SMILES string of the molecule is CCOC(=O)C(C)(C(C)=O)c1ccc(N)c(N)c1C#N. The van der Waals surface area contributed by atoms with E-state index in [0.717, 1.165) is 0 Å². The predicted octanol–water partition coefficient (Wildman–Crippen LogP) is 1.13. The number of Topliss-reactive ketones (excluding diaryl/α,β-unsaturated/α-hetero) is 1. The third-order valence-corrected chi connectivity index (χ3v) is 3.32. The molecule has 0 heterocycles. The van der Waals surface area contributed by atoms with Crippen LogP contribution in [0.15, 0.2) is 12.1 Å². The number of benzene rings is 1. The Balaban J connectivity index is 3.61. The number of nitrogens with zero attached hydrogens (tertiary/aromatic N) is 1. The molecule has 1 unspecified atom stereocenters. The molecular weight excluding hydrogens is 258 g/mol. The number of nitriles is 1. The number of esters is 1. The number of ketones is 1. The van der Waals surface area contributed by atoms with Crippen molar-refractivity contribution in [1.82, 2.24) is 0 Å². The van der Waals surface area contributed by atoms with Gasteiger partial charge in [0.15, 0.2) is 5.78 Å². The molecule has 106 valence electrons. The molecule has 1 aromatic carbocycles. The Kier molecular flexibility index (Phi) is 4.35. The van der Waals surface area contributed by atoms with Crippen molar-refractivity contribution in [3.63, 3.8) is 0 Å². The molecule has 0 aromatic heterocycles. The zero-order valence-corrected chi connectivity index (χ0v) is 11.7. The van der Waals surface area contributed by atoms with Gasteiger partial charge in [0, 0.05) is 0 Å². The van der Waals surface area contributed by atoms with Crippen molar-refractivity contribution in [2.24, 2.45) is 0 Å².